The lowest BCUT2D eigenvalue weighted by molar-refractivity contribution is -0.134. The van der Waals surface area contributed by atoms with E-state index >= 15 is 0 Å². The molecule has 0 aliphatic carbocycles. The number of carbonyl (C=O) groups excluding carboxylic acids is 3. The van der Waals surface area contributed by atoms with Gasteiger partial charge in [-0.1, -0.05) is 0 Å². The van der Waals surface area contributed by atoms with E-state index in [1.54, 1.807) is 9.58 Å². The van der Waals surface area contributed by atoms with Crippen molar-refractivity contribution in [2.24, 2.45) is 7.05 Å². The molecule has 1 unspecified atom stereocenters. The van der Waals surface area contributed by atoms with Crippen molar-refractivity contribution in [3.63, 3.8) is 0 Å². The van der Waals surface area contributed by atoms with E-state index in [2.05, 4.69) is 27.4 Å². The number of aryl methyl sites for hydroxylation is 1. The van der Waals surface area contributed by atoms with Crippen LogP contribution in [-0.4, -0.2) is 64.4 Å². The van der Waals surface area contributed by atoms with Crippen molar-refractivity contribution in [2.45, 2.75) is 64.0 Å². The normalized spacial score (nSPS) is 20.2. The van der Waals surface area contributed by atoms with Crippen LogP contribution in [0.5, 0.6) is 0 Å². The van der Waals surface area contributed by atoms with Crippen LogP contribution in [0.4, 0.5) is 10.5 Å². The maximum absolute atomic E-state index is 12.4. The molecule has 1 atom stereocenters. The van der Waals surface area contributed by atoms with Crippen molar-refractivity contribution in [1.82, 2.24) is 20.0 Å². The first-order chi connectivity index (χ1) is 15.5. The number of amides is 3. The molecule has 1 aromatic carbocycles. The van der Waals surface area contributed by atoms with E-state index in [1.165, 1.54) is 0 Å². The van der Waals surface area contributed by atoms with Crippen LogP contribution >= 0.6 is 0 Å². The first-order valence-electron chi connectivity index (χ1n) is 11.5. The van der Waals surface area contributed by atoms with Gasteiger partial charge in [-0.15, -0.1) is 0 Å². The standard InChI is InChI=1S/C24H33N5O4/c1-24(2,3)33-23(32)27(4)15-10-12-29(13-11-15)16-6-7-17-19(14-16)28(5)26-21(17)18-8-9-20(30)25-22(18)31/h6-7,14-15,18H,8-13H2,1-5H3,(H,25,30,31). The lowest BCUT2D eigenvalue weighted by atomic mass is 9.92. The summed E-state index contributed by atoms with van der Waals surface area (Å²) in [5, 5.41) is 7.99. The molecule has 3 amide bonds. The van der Waals surface area contributed by atoms with Crippen LogP contribution in [0.25, 0.3) is 10.9 Å². The summed E-state index contributed by atoms with van der Waals surface area (Å²) in [6, 6.07) is 6.35. The van der Waals surface area contributed by atoms with Crippen molar-refractivity contribution in [3.8, 4) is 0 Å². The Kier molecular flexibility index (Phi) is 6.07. The Balaban J connectivity index is 1.46. The Hall–Kier alpha value is -3.10. The zero-order valence-electron chi connectivity index (χ0n) is 20.1. The number of piperidine rings is 2. The summed E-state index contributed by atoms with van der Waals surface area (Å²) in [4.78, 5) is 40.3. The zero-order chi connectivity index (χ0) is 23.9. The van der Waals surface area contributed by atoms with E-state index in [4.69, 9.17) is 4.74 Å². The van der Waals surface area contributed by atoms with Crippen molar-refractivity contribution in [1.29, 1.82) is 0 Å². The highest BCUT2D eigenvalue weighted by molar-refractivity contribution is 6.02. The van der Waals surface area contributed by atoms with Crippen LogP contribution in [0.15, 0.2) is 18.2 Å². The van der Waals surface area contributed by atoms with Crippen molar-refractivity contribution < 1.29 is 19.1 Å². The number of anilines is 1. The van der Waals surface area contributed by atoms with Gasteiger partial charge in [0.25, 0.3) is 0 Å². The molecule has 2 aliphatic heterocycles. The Morgan fingerprint density at radius 2 is 1.88 bits per heavy atom. The zero-order valence-corrected chi connectivity index (χ0v) is 20.1. The molecule has 9 heteroatoms. The Morgan fingerprint density at radius 1 is 1.18 bits per heavy atom. The maximum atomic E-state index is 12.4. The van der Waals surface area contributed by atoms with Crippen LogP contribution in [0.1, 0.15) is 58.1 Å². The molecule has 3 heterocycles. The monoisotopic (exact) mass is 455 g/mol. The van der Waals surface area contributed by atoms with Gasteiger partial charge in [-0.3, -0.25) is 19.6 Å². The number of nitrogens with zero attached hydrogens (tertiary/aromatic N) is 4. The Labute approximate surface area is 194 Å². The Bertz CT molecular complexity index is 1080. The maximum Gasteiger partial charge on any atom is 0.410 e. The molecule has 0 spiro atoms. The van der Waals surface area contributed by atoms with Gasteiger partial charge in [-0.05, 0) is 58.2 Å². The largest absolute Gasteiger partial charge is 0.444 e. The lowest BCUT2D eigenvalue weighted by Crippen LogP contribution is -2.47. The minimum absolute atomic E-state index is 0.149. The third-order valence-corrected chi connectivity index (χ3v) is 6.49. The molecule has 1 aromatic heterocycles. The molecule has 0 saturated carbocycles. The summed E-state index contributed by atoms with van der Waals surface area (Å²) in [7, 11) is 3.69. The quantitative estimate of drug-likeness (QED) is 0.715. The van der Waals surface area contributed by atoms with Crippen LogP contribution in [-0.2, 0) is 21.4 Å². The van der Waals surface area contributed by atoms with E-state index in [1.807, 2.05) is 40.9 Å². The average molecular weight is 456 g/mol. The molecular weight excluding hydrogens is 422 g/mol. The molecule has 2 saturated heterocycles. The highest BCUT2D eigenvalue weighted by atomic mass is 16.6. The second-order valence-corrected chi connectivity index (χ2v) is 10.0. The number of fused-ring (bicyclic) bond motifs is 1. The van der Waals surface area contributed by atoms with E-state index in [9.17, 15) is 14.4 Å². The minimum atomic E-state index is -0.503. The van der Waals surface area contributed by atoms with Crippen molar-refractivity contribution >= 4 is 34.5 Å². The molecule has 9 nitrogen and oxygen atoms in total. The molecule has 4 rings (SSSR count). The van der Waals surface area contributed by atoms with Gasteiger partial charge < -0.3 is 14.5 Å². The van der Waals surface area contributed by atoms with Gasteiger partial charge in [0.15, 0.2) is 0 Å². The Morgan fingerprint density at radius 3 is 2.52 bits per heavy atom. The second-order valence-electron chi connectivity index (χ2n) is 10.0. The van der Waals surface area contributed by atoms with Gasteiger partial charge >= 0.3 is 6.09 Å². The lowest BCUT2D eigenvalue weighted by Gasteiger charge is -2.38. The van der Waals surface area contributed by atoms with E-state index in [0.717, 1.165) is 48.2 Å². The number of nitrogens with one attached hydrogen (secondary N) is 1. The fourth-order valence-corrected chi connectivity index (χ4v) is 4.68. The number of benzene rings is 1. The third-order valence-electron chi connectivity index (χ3n) is 6.49. The summed E-state index contributed by atoms with van der Waals surface area (Å²) in [6.45, 7) is 7.30. The van der Waals surface area contributed by atoms with Crippen LogP contribution in [0.2, 0.25) is 0 Å². The highest BCUT2D eigenvalue weighted by Crippen LogP contribution is 2.33. The molecule has 2 fully saturated rings. The van der Waals surface area contributed by atoms with Crippen LogP contribution < -0.4 is 10.2 Å². The molecule has 0 radical (unpaired) electrons. The topological polar surface area (TPSA) is 96.8 Å². The predicted molar refractivity (Wildman–Crippen MR) is 125 cm³/mol. The molecule has 0 bridgehead atoms. The number of carbonyl (C=O) groups is 3. The molecular formula is C24H33N5O4. The molecule has 2 aliphatic rings. The van der Waals surface area contributed by atoms with Gasteiger partial charge in [0, 0.05) is 50.7 Å². The smallest absolute Gasteiger partial charge is 0.410 e. The summed E-state index contributed by atoms with van der Waals surface area (Å²) in [5.74, 6) is -0.901. The second kappa shape index (κ2) is 8.68. The van der Waals surface area contributed by atoms with Gasteiger partial charge in [0.05, 0.1) is 17.1 Å². The first-order valence-corrected chi connectivity index (χ1v) is 11.5. The predicted octanol–water partition coefficient (Wildman–Crippen LogP) is 2.93. The number of hydrogen-bond acceptors (Lipinski definition) is 6. The van der Waals surface area contributed by atoms with Crippen LogP contribution in [0.3, 0.4) is 0 Å². The number of aromatic nitrogens is 2. The third kappa shape index (κ3) is 4.82. The fraction of sp³-hybridized carbons (Fsp3) is 0.583. The van der Waals surface area contributed by atoms with E-state index in [-0.39, 0.29) is 23.9 Å². The van der Waals surface area contributed by atoms with Gasteiger partial charge in [-0.25, -0.2) is 4.79 Å². The number of hydrogen-bond donors (Lipinski definition) is 1. The van der Waals surface area contributed by atoms with Crippen LogP contribution in [0, 0.1) is 0 Å². The molecule has 178 valence electrons. The van der Waals surface area contributed by atoms with Crippen molar-refractivity contribution in [3.05, 3.63) is 23.9 Å². The number of ether oxygens (including phenoxy) is 1. The van der Waals surface area contributed by atoms with Gasteiger partial charge in [0.1, 0.15) is 5.60 Å². The molecule has 1 N–H and O–H groups in total. The summed E-state index contributed by atoms with van der Waals surface area (Å²) in [5.41, 5.74) is 2.28. The number of rotatable bonds is 3. The average Bonchev–Trinajstić information content (AvgIpc) is 3.08. The molecule has 2 aromatic rings. The number of imide groups is 1. The van der Waals surface area contributed by atoms with Crippen molar-refractivity contribution in [2.75, 3.05) is 25.0 Å². The molecule has 33 heavy (non-hydrogen) atoms. The van der Waals surface area contributed by atoms with Gasteiger partial charge in [-0.2, -0.15) is 5.10 Å². The summed E-state index contributed by atoms with van der Waals surface area (Å²) >= 11 is 0. The SMILES string of the molecule is CN(C(=O)OC(C)(C)C)C1CCN(c2ccc3c(C4CCC(=O)NC4=O)nn(C)c3c2)CC1. The minimum Gasteiger partial charge on any atom is -0.444 e. The highest BCUT2D eigenvalue weighted by Gasteiger charge is 2.32. The summed E-state index contributed by atoms with van der Waals surface area (Å²) in [6.07, 6.45) is 2.26. The van der Waals surface area contributed by atoms with E-state index < -0.39 is 11.5 Å². The first kappa shape index (κ1) is 23.1. The summed E-state index contributed by atoms with van der Waals surface area (Å²) < 4.78 is 7.31. The van der Waals surface area contributed by atoms with Gasteiger partial charge in [0.2, 0.25) is 11.8 Å². The van der Waals surface area contributed by atoms with E-state index in [0.29, 0.717) is 12.8 Å². The fourth-order valence-electron chi connectivity index (χ4n) is 4.68.